The molecule has 0 heterocycles. The third-order valence-corrected chi connectivity index (χ3v) is 2.82. The van der Waals surface area contributed by atoms with Gasteiger partial charge in [-0.15, -0.1) is 0 Å². The Morgan fingerprint density at radius 3 is 2.48 bits per heavy atom. The van der Waals surface area contributed by atoms with Crippen molar-refractivity contribution in [2.75, 3.05) is 17.2 Å². The molecular weight excluding hydrogens is 294 g/mol. The molecule has 0 aliphatic rings. The third kappa shape index (κ3) is 5.17. The molecule has 0 radical (unpaired) electrons. The van der Waals surface area contributed by atoms with Gasteiger partial charge in [0.25, 0.3) is 5.91 Å². The summed E-state index contributed by atoms with van der Waals surface area (Å²) in [7, 11) is 0. The highest BCUT2D eigenvalue weighted by molar-refractivity contribution is 5.92. The van der Waals surface area contributed by atoms with Gasteiger partial charge in [0.2, 0.25) is 5.91 Å². The second-order valence-corrected chi connectivity index (χ2v) is 4.74. The normalized spacial score (nSPS) is 9.57. The van der Waals surface area contributed by atoms with Crippen LogP contribution in [0.1, 0.15) is 12.5 Å². The highest BCUT2D eigenvalue weighted by Gasteiger charge is 2.05. The van der Waals surface area contributed by atoms with E-state index in [1.165, 1.54) is 6.92 Å². The summed E-state index contributed by atoms with van der Waals surface area (Å²) in [5.74, 6) is -0.0217. The number of hydrogen-bond acceptors (Lipinski definition) is 4. The van der Waals surface area contributed by atoms with Crippen molar-refractivity contribution in [3.63, 3.8) is 0 Å². The van der Waals surface area contributed by atoms with Crippen LogP contribution in [0.15, 0.2) is 48.5 Å². The van der Waals surface area contributed by atoms with E-state index in [4.69, 9.17) is 10.00 Å². The molecule has 116 valence electrons. The van der Waals surface area contributed by atoms with Gasteiger partial charge in [0.1, 0.15) is 5.75 Å². The Hall–Kier alpha value is -3.33. The van der Waals surface area contributed by atoms with Crippen LogP contribution in [-0.2, 0) is 9.59 Å². The van der Waals surface area contributed by atoms with E-state index in [1.807, 2.05) is 6.07 Å². The van der Waals surface area contributed by atoms with Gasteiger partial charge < -0.3 is 15.4 Å². The second kappa shape index (κ2) is 7.61. The highest BCUT2D eigenvalue weighted by Crippen LogP contribution is 2.17. The highest BCUT2D eigenvalue weighted by atomic mass is 16.5. The fourth-order valence-electron chi connectivity index (χ4n) is 1.84. The topological polar surface area (TPSA) is 91.2 Å². The minimum absolute atomic E-state index is 0.163. The molecule has 0 aromatic heterocycles. The Bertz CT molecular complexity index is 748. The number of nitriles is 1. The maximum atomic E-state index is 11.8. The number of nitrogens with zero attached hydrogens (tertiary/aromatic N) is 1. The van der Waals surface area contributed by atoms with Gasteiger partial charge in [-0.1, -0.05) is 6.07 Å². The number of rotatable bonds is 5. The number of benzene rings is 2. The molecule has 6 heteroatoms. The van der Waals surface area contributed by atoms with E-state index >= 15 is 0 Å². The maximum Gasteiger partial charge on any atom is 0.262 e. The summed E-state index contributed by atoms with van der Waals surface area (Å²) < 4.78 is 5.39. The van der Waals surface area contributed by atoms with E-state index in [1.54, 1.807) is 48.5 Å². The second-order valence-electron chi connectivity index (χ2n) is 4.74. The number of carbonyl (C=O) groups is 2. The Kier molecular flexibility index (Phi) is 5.31. The summed E-state index contributed by atoms with van der Waals surface area (Å²) >= 11 is 0. The van der Waals surface area contributed by atoms with E-state index in [-0.39, 0.29) is 18.4 Å². The minimum Gasteiger partial charge on any atom is -0.484 e. The first kappa shape index (κ1) is 16.0. The lowest BCUT2D eigenvalue weighted by Gasteiger charge is -2.09. The van der Waals surface area contributed by atoms with Crippen molar-refractivity contribution in [2.45, 2.75) is 6.92 Å². The molecule has 23 heavy (non-hydrogen) atoms. The number of anilines is 2. The van der Waals surface area contributed by atoms with Crippen LogP contribution < -0.4 is 15.4 Å². The monoisotopic (exact) mass is 309 g/mol. The van der Waals surface area contributed by atoms with Gasteiger partial charge in [-0.3, -0.25) is 9.59 Å². The van der Waals surface area contributed by atoms with E-state index < -0.39 is 0 Å². The molecule has 0 saturated carbocycles. The Labute approximate surface area is 133 Å². The van der Waals surface area contributed by atoms with E-state index in [9.17, 15) is 9.59 Å². The fourth-order valence-corrected chi connectivity index (χ4v) is 1.84. The van der Waals surface area contributed by atoms with Crippen LogP contribution in [0.5, 0.6) is 5.75 Å². The summed E-state index contributed by atoms with van der Waals surface area (Å²) in [6, 6.07) is 15.3. The maximum absolute atomic E-state index is 11.8. The average Bonchev–Trinajstić information content (AvgIpc) is 2.53. The van der Waals surface area contributed by atoms with Crippen LogP contribution in [-0.4, -0.2) is 18.4 Å². The largest absolute Gasteiger partial charge is 0.484 e. The lowest BCUT2D eigenvalue weighted by molar-refractivity contribution is -0.118. The Balaban J connectivity index is 1.88. The summed E-state index contributed by atoms with van der Waals surface area (Å²) in [5, 5.41) is 14.0. The molecule has 0 fully saturated rings. The van der Waals surface area contributed by atoms with Gasteiger partial charge in [-0.05, 0) is 36.4 Å². The van der Waals surface area contributed by atoms with Crippen LogP contribution >= 0.6 is 0 Å². The molecule has 0 saturated heterocycles. The Morgan fingerprint density at radius 1 is 1.09 bits per heavy atom. The zero-order chi connectivity index (χ0) is 16.7. The number of nitrogens with one attached hydrogen (secondary N) is 2. The van der Waals surface area contributed by atoms with Crippen LogP contribution in [0.3, 0.4) is 0 Å². The molecular formula is C17H15N3O3. The smallest absolute Gasteiger partial charge is 0.262 e. The Morgan fingerprint density at radius 2 is 1.83 bits per heavy atom. The number of amides is 2. The van der Waals surface area contributed by atoms with Gasteiger partial charge in [-0.2, -0.15) is 5.26 Å². The number of carbonyl (C=O) groups excluding carboxylic acids is 2. The molecule has 0 spiro atoms. The number of hydrogen-bond donors (Lipinski definition) is 2. The van der Waals surface area contributed by atoms with E-state index in [0.29, 0.717) is 22.7 Å². The molecule has 0 unspecified atom stereocenters. The van der Waals surface area contributed by atoms with Gasteiger partial charge in [0.05, 0.1) is 11.6 Å². The molecule has 2 aromatic rings. The average molecular weight is 309 g/mol. The van der Waals surface area contributed by atoms with Crippen molar-refractivity contribution >= 4 is 23.2 Å². The zero-order valence-electron chi connectivity index (χ0n) is 12.5. The number of ether oxygens (including phenoxy) is 1. The van der Waals surface area contributed by atoms with Gasteiger partial charge in [0, 0.05) is 24.4 Å². The minimum atomic E-state index is -0.320. The zero-order valence-corrected chi connectivity index (χ0v) is 12.5. The van der Waals surface area contributed by atoms with Gasteiger partial charge >= 0.3 is 0 Å². The molecule has 2 amide bonds. The first-order chi connectivity index (χ1) is 11.1. The quantitative estimate of drug-likeness (QED) is 0.888. The van der Waals surface area contributed by atoms with Crippen molar-refractivity contribution in [2.24, 2.45) is 0 Å². The van der Waals surface area contributed by atoms with Crippen LogP contribution in [0.4, 0.5) is 11.4 Å². The van der Waals surface area contributed by atoms with Crippen LogP contribution in [0.2, 0.25) is 0 Å². The molecule has 6 nitrogen and oxygen atoms in total. The molecule has 2 aromatic carbocycles. The SMILES string of the molecule is CC(=O)Nc1cccc(OCC(=O)Nc2ccc(C#N)cc2)c1. The summed E-state index contributed by atoms with van der Waals surface area (Å²) in [4.78, 5) is 22.8. The van der Waals surface area contributed by atoms with Crippen LogP contribution in [0.25, 0.3) is 0 Å². The van der Waals surface area contributed by atoms with Crippen LogP contribution in [0, 0.1) is 11.3 Å². The lowest BCUT2D eigenvalue weighted by atomic mass is 10.2. The van der Waals surface area contributed by atoms with Gasteiger partial charge in [-0.25, -0.2) is 0 Å². The standard InChI is InChI=1S/C17H15N3O3/c1-12(21)19-15-3-2-4-16(9-15)23-11-17(22)20-14-7-5-13(10-18)6-8-14/h2-9H,11H2,1H3,(H,19,21)(H,20,22). The molecule has 0 bridgehead atoms. The molecule has 0 aliphatic heterocycles. The van der Waals surface area contributed by atoms with E-state index in [2.05, 4.69) is 10.6 Å². The van der Waals surface area contributed by atoms with Gasteiger partial charge in [0.15, 0.2) is 6.61 Å². The van der Waals surface area contributed by atoms with Crippen molar-refractivity contribution in [3.8, 4) is 11.8 Å². The first-order valence-electron chi connectivity index (χ1n) is 6.87. The molecule has 2 N–H and O–H groups in total. The fraction of sp³-hybridized carbons (Fsp3) is 0.118. The molecule has 2 rings (SSSR count). The third-order valence-electron chi connectivity index (χ3n) is 2.82. The predicted molar refractivity (Wildman–Crippen MR) is 86.0 cm³/mol. The first-order valence-corrected chi connectivity index (χ1v) is 6.87. The lowest BCUT2D eigenvalue weighted by Crippen LogP contribution is -2.20. The summed E-state index contributed by atoms with van der Waals surface area (Å²) in [6.45, 7) is 1.25. The predicted octanol–water partition coefficient (Wildman–Crippen LogP) is 2.53. The summed E-state index contributed by atoms with van der Waals surface area (Å²) in [6.07, 6.45) is 0. The molecule has 0 aliphatic carbocycles. The van der Waals surface area contributed by atoms with E-state index in [0.717, 1.165) is 0 Å². The van der Waals surface area contributed by atoms with Crippen molar-refractivity contribution in [3.05, 3.63) is 54.1 Å². The molecule has 0 atom stereocenters. The van der Waals surface area contributed by atoms with Crippen molar-refractivity contribution in [1.29, 1.82) is 5.26 Å². The van der Waals surface area contributed by atoms with Crippen molar-refractivity contribution in [1.82, 2.24) is 0 Å². The van der Waals surface area contributed by atoms with Crippen molar-refractivity contribution < 1.29 is 14.3 Å². The summed E-state index contributed by atoms with van der Waals surface area (Å²) in [5.41, 5.74) is 1.71.